The molecule has 1 fully saturated rings. The highest BCUT2D eigenvalue weighted by Gasteiger charge is 2.34. The number of hydrogen-bond acceptors (Lipinski definition) is 3. The average Bonchev–Trinajstić information content (AvgIpc) is 2.70. The molecule has 1 N–H and O–H groups in total. The zero-order valence-corrected chi connectivity index (χ0v) is 17.3. The zero-order valence-electron chi connectivity index (χ0n) is 15.7. The molecule has 0 bridgehead atoms. The summed E-state index contributed by atoms with van der Waals surface area (Å²) in [6.07, 6.45) is 3.35. The van der Waals surface area contributed by atoms with Crippen LogP contribution in [0.2, 0.25) is 5.02 Å². The van der Waals surface area contributed by atoms with E-state index in [9.17, 15) is 13.2 Å². The molecule has 0 radical (unpaired) electrons. The fourth-order valence-electron chi connectivity index (χ4n) is 3.51. The van der Waals surface area contributed by atoms with Crippen LogP contribution in [0.4, 0.5) is 0 Å². The first-order valence-electron chi connectivity index (χ1n) is 9.55. The van der Waals surface area contributed by atoms with Crippen LogP contribution in [0.25, 0.3) is 0 Å². The Morgan fingerprint density at radius 2 is 1.79 bits per heavy atom. The van der Waals surface area contributed by atoms with Crippen LogP contribution < -0.4 is 5.32 Å². The topological polar surface area (TPSA) is 66.5 Å². The fourth-order valence-corrected chi connectivity index (χ4v) is 5.35. The first-order chi connectivity index (χ1) is 13.5. The summed E-state index contributed by atoms with van der Waals surface area (Å²) in [7, 11) is -3.58. The lowest BCUT2D eigenvalue weighted by Crippen LogP contribution is -2.46. The minimum atomic E-state index is -3.58. The normalized spacial score (nSPS) is 18.0. The van der Waals surface area contributed by atoms with Crippen molar-refractivity contribution in [2.75, 3.05) is 13.1 Å². The summed E-state index contributed by atoms with van der Waals surface area (Å²) in [4.78, 5) is 12.7. The number of hydrogen-bond donors (Lipinski definition) is 1. The lowest BCUT2D eigenvalue weighted by Gasteiger charge is -2.34. The number of sulfonamides is 1. The van der Waals surface area contributed by atoms with E-state index in [1.165, 1.54) is 4.31 Å². The minimum Gasteiger partial charge on any atom is -0.356 e. The van der Waals surface area contributed by atoms with E-state index in [1.54, 1.807) is 30.3 Å². The number of nitrogens with one attached hydrogen (secondary N) is 1. The van der Waals surface area contributed by atoms with Gasteiger partial charge in [0.25, 0.3) is 0 Å². The maximum Gasteiger partial charge on any atom is 0.243 e. The Balaban J connectivity index is 1.58. The summed E-state index contributed by atoms with van der Waals surface area (Å²) in [5.74, 6) is -0.117. The molecule has 1 atom stereocenters. The standard InChI is InChI=1S/C21H25ClN2O3S/c22-18-11-9-17(10-12-18)13-14-23-21(25)16-19-6-4-5-15-24(19)28(26,27)20-7-2-1-3-8-20/h1-3,7-12,19H,4-6,13-16H2,(H,23,25)/t19-/m1/s1. The first kappa shape index (κ1) is 20.8. The number of halogens is 1. The average molecular weight is 421 g/mol. The number of amides is 1. The summed E-state index contributed by atoms with van der Waals surface area (Å²) in [6, 6.07) is 15.7. The van der Waals surface area contributed by atoms with Gasteiger partial charge in [-0.2, -0.15) is 4.31 Å². The largest absolute Gasteiger partial charge is 0.356 e. The second kappa shape index (κ2) is 9.54. The van der Waals surface area contributed by atoms with E-state index >= 15 is 0 Å². The molecule has 150 valence electrons. The molecule has 2 aromatic carbocycles. The third kappa shape index (κ3) is 5.34. The van der Waals surface area contributed by atoms with Crippen LogP contribution in [0, 0.1) is 0 Å². The number of nitrogens with zero attached hydrogens (tertiary/aromatic N) is 1. The third-order valence-electron chi connectivity index (χ3n) is 4.99. The van der Waals surface area contributed by atoms with Gasteiger partial charge < -0.3 is 5.32 Å². The molecule has 3 rings (SSSR count). The molecule has 0 aliphatic carbocycles. The van der Waals surface area contributed by atoms with Crippen LogP contribution in [-0.4, -0.2) is 37.8 Å². The van der Waals surface area contributed by atoms with Gasteiger partial charge in [-0.15, -0.1) is 0 Å². The van der Waals surface area contributed by atoms with Crippen LogP contribution in [0.3, 0.4) is 0 Å². The number of piperidine rings is 1. The molecular formula is C21H25ClN2O3S. The lowest BCUT2D eigenvalue weighted by atomic mass is 10.0. The molecule has 1 aliphatic rings. The van der Waals surface area contributed by atoms with Gasteiger partial charge in [0.2, 0.25) is 15.9 Å². The Morgan fingerprint density at radius 1 is 1.07 bits per heavy atom. The van der Waals surface area contributed by atoms with Gasteiger partial charge in [0.05, 0.1) is 4.90 Å². The highest BCUT2D eigenvalue weighted by atomic mass is 35.5. The van der Waals surface area contributed by atoms with Gasteiger partial charge in [-0.05, 0) is 49.1 Å². The summed E-state index contributed by atoms with van der Waals surface area (Å²) >= 11 is 5.88. The molecule has 28 heavy (non-hydrogen) atoms. The number of carbonyl (C=O) groups excluding carboxylic acids is 1. The van der Waals surface area contributed by atoms with Crippen molar-refractivity contribution < 1.29 is 13.2 Å². The molecule has 0 aromatic heterocycles. The van der Waals surface area contributed by atoms with Crippen molar-refractivity contribution in [3.05, 3.63) is 65.2 Å². The monoisotopic (exact) mass is 420 g/mol. The first-order valence-corrected chi connectivity index (χ1v) is 11.4. The Kier molecular flexibility index (Phi) is 7.10. The van der Waals surface area contributed by atoms with Crippen LogP contribution in [0.5, 0.6) is 0 Å². The van der Waals surface area contributed by atoms with Gasteiger partial charge >= 0.3 is 0 Å². The van der Waals surface area contributed by atoms with Gasteiger partial charge in [0, 0.05) is 30.6 Å². The zero-order chi connectivity index (χ0) is 20.0. The fraction of sp³-hybridized carbons (Fsp3) is 0.381. The number of benzene rings is 2. The van der Waals surface area contributed by atoms with Crippen LogP contribution in [-0.2, 0) is 21.2 Å². The molecule has 1 amide bonds. The van der Waals surface area contributed by atoms with Crippen molar-refractivity contribution in [1.82, 2.24) is 9.62 Å². The highest BCUT2D eigenvalue weighted by molar-refractivity contribution is 7.89. The number of rotatable bonds is 7. The van der Waals surface area contributed by atoms with Crippen molar-refractivity contribution in [2.45, 2.75) is 43.0 Å². The molecule has 0 saturated carbocycles. The van der Waals surface area contributed by atoms with E-state index < -0.39 is 10.0 Å². The van der Waals surface area contributed by atoms with Gasteiger partial charge in [-0.25, -0.2) is 8.42 Å². The summed E-state index contributed by atoms with van der Waals surface area (Å²) in [5.41, 5.74) is 1.09. The van der Waals surface area contributed by atoms with Gasteiger partial charge in [-0.3, -0.25) is 4.79 Å². The van der Waals surface area contributed by atoms with Crippen molar-refractivity contribution in [3.63, 3.8) is 0 Å². The Hall–Kier alpha value is -1.89. The van der Waals surface area contributed by atoms with Gasteiger partial charge in [0.15, 0.2) is 0 Å². The van der Waals surface area contributed by atoms with Crippen molar-refractivity contribution in [1.29, 1.82) is 0 Å². The minimum absolute atomic E-state index is 0.117. The van der Waals surface area contributed by atoms with Crippen LogP contribution >= 0.6 is 11.6 Å². The maximum absolute atomic E-state index is 13.0. The Morgan fingerprint density at radius 3 is 2.50 bits per heavy atom. The van der Waals surface area contributed by atoms with Crippen molar-refractivity contribution >= 4 is 27.5 Å². The second-order valence-corrected chi connectivity index (χ2v) is 9.34. The molecule has 0 spiro atoms. The molecular weight excluding hydrogens is 396 g/mol. The predicted octanol–water partition coefficient (Wildman–Crippen LogP) is 3.63. The molecule has 7 heteroatoms. The maximum atomic E-state index is 13.0. The van der Waals surface area contributed by atoms with E-state index in [0.717, 1.165) is 18.4 Å². The van der Waals surface area contributed by atoms with E-state index in [4.69, 9.17) is 11.6 Å². The van der Waals surface area contributed by atoms with Crippen LogP contribution in [0.15, 0.2) is 59.5 Å². The molecule has 5 nitrogen and oxygen atoms in total. The Bertz CT molecular complexity index is 886. The highest BCUT2D eigenvalue weighted by Crippen LogP contribution is 2.27. The lowest BCUT2D eigenvalue weighted by molar-refractivity contribution is -0.122. The molecule has 1 saturated heterocycles. The van der Waals surface area contributed by atoms with Crippen molar-refractivity contribution in [3.8, 4) is 0 Å². The van der Waals surface area contributed by atoms with E-state index in [2.05, 4.69) is 5.32 Å². The SMILES string of the molecule is O=C(C[C@H]1CCCCN1S(=O)(=O)c1ccccc1)NCCc1ccc(Cl)cc1. The molecule has 0 unspecified atom stereocenters. The van der Waals surface area contributed by atoms with E-state index in [0.29, 0.717) is 31.0 Å². The number of carbonyl (C=O) groups is 1. The van der Waals surface area contributed by atoms with E-state index in [-0.39, 0.29) is 23.3 Å². The smallest absolute Gasteiger partial charge is 0.243 e. The summed E-state index contributed by atoms with van der Waals surface area (Å²) < 4.78 is 27.5. The van der Waals surface area contributed by atoms with Crippen LogP contribution in [0.1, 0.15) is 31.2 Å². The van der Waals surface area contributed by atoms with Gasteiger partial charge in [0.1, 0.15) is 0 Å². The van der Waals surface area contributed by atoms with E-state index in [1.807, 2.05) is 24.3 Å². The summed E-state index contributed by atoms with van der Waals surface area (Å²) in [6.45, 7) is 0.971. The molecule has 1 heterocycles. The second-order valence-electron chi connectivity index (χ2n) is 7.01. The quantitative estimate of drug-likeness (QED) is 0.743. The van der Waals surface area contributed by atoms with Gasteiger partial charge in [-0.1, -0.05) is 48.4 Å². The molecule has 1 aliphatic heterocycles. The molecule has 2 aromatic rings. The Labute approximate surface area is 171 Å². The van der Waals surface area contributed by atoms with Crippen molar-refractivity contribution in [2.24, 2.45) is 0 Å². The third-order valence-corrected chi connectivity index (χ3v) is 7.21. The summed E-state index contributed by atoms with van der Waals surface area (Å²) in [5, 5.41) is 3.60. The predicted molar refractivity (Wildman–Crippen MR) is 111 cm³/mol.